The van der Waals surface area contributed by atoms with Crippen LogP contribution in [0.25, 0.3) is 4.85 Å². The fraction of sp³-hybridized carbons (Fsp3) is 0.316. The molecule has 0 saturated carbocycles. The predicted molar refractivity (Wildman–Crippen MR) is 86.7 cm³/mol. The second-order valence-electron chi connectivity index (χ2n) is 6.85. The van der Waals surface area contributed by atoms with Crippen molar-refractivity contribution in [1.29, 1.82) is 0 Å². The molecule has 8 heteroatoms. The Morgan fingerprint density at radius 1 is 1.26 bits per heavy atom. The first-order valence-corrected chi connectivity index (χ1v) is 8.06. The Balaban J connectivity index is 1.88. The van der Waals surface area contributed by atoms with Gasteiger partial charge in [-0.25, -0.2) is 13.6 Å². The number of aliphatic hydroxyl groups excluding tert-OH is 1. The SMILES string of the molecule is [C-]#[N+]c1cc(F)cc(Oc2cc3c(c4c2CC(C)(F)C4O)C(F)(F)CO3)c1. The first-order chi connectivity index (χ1) is 12.6. The minimum absolute atomic E-state index is 0.0130. The van der Waals surface area contributed by atoms with Crippen LogP contribution in [0.5, 0.6) is 17.2 Å². The molecule has 1 heterocycles. The van der Waals surface area contributed by atoms with E-state index < -0.39 is 35.7 Å². The molecule has 0 bridgehead atoms. The summed E-state index contributed by atoms with van der Waals surface area (Å²) in [5, 5.41) is 10.3. The van der Waals surface area contributed by atoms with E-state index in [2.05, 4.69) is 4.85 Å². The zero-order chi connectivity index (χ0) is 19.6. The fourth-order valence-corrected chi connectivity index (χ4v) is 3.54. The van der Waals surface area contributed by atoms with Crippen molar-refractivity contribution in [3.8, 4) is 17.2 Å². The summed E-state index contributed by atoms with van der Waals surface area (Å²) in [6.07, 6.45) is -2.13. The van der Waals surface area contributed by atoms with Gasteiger partial charge in [0, 0.05) is 29.7 Å². The zero-order valence-electron chi connectivity index (χ0n) is 14.0. The van der Waals surface area contributed by atoms with Crippen molar-refractivity contribution >= 4 is 5.69 Å². The van der Waals surface area contributed by atoms with E-state index in [1.807, 2.05) is 0 Å². The lowest BCUT2D eigenvalue weighted by molar-refractivity contribution is -0.0269. The van der Waals surface area contributed by atoms with Crippen molar-refractivity contribution in [2.45, 2.75) is 31.0 Å². The van der Waals surface area contributed by atoms with Crippen LogP contribution in [0, 0.1) is 12.4 Å². The van der Waals surface area contributed by atoms with Crippen LogP contribution in [0.4, 0.5) is 23.2 Å². The third-order valence-electron chi connectivity index (χ3n) is 4.75. The molecule has 0 saturated heterocycles. The molecular formula is C19H13F4NO3. The third-order valence-corrected chi connectivity index (χ3v) is 4.75. The monoisotopic (exact) mass is 379 g/mol. The average Bonchev–Trinajstić information content (AvgIpc) is 3.01. The molecule has 2 aromatic carbocycles. The molecule has 0 radical (unpaired) electrons. The number of halogens is 4. The summed E-state index contributed by atoms with van der Waals surface area (Å²) in [7, 11) is 0. The van der Waals surface area contributed by atoms with Crippen molar-refractivity contribution < 1.29 is 32.1 Å². The van der Waals surface area contributed by atoms with Crippen LogP contribution in [-0.4, -0.2) is 17.4 Å². The number of rotatable bonds is 2. The van der Waals surface area contributed by atoms with E-state index in [4.69, 9.17) is 16.0 Å². The lowest BCUT2D eigenvalue weighted by Gasteiger charge is -2.20. The largest absolute Gasteiger partial charge is 0.486 e. The number of ether oxygens (including phenoxy) is 2. The van der Waals surface area contributed by atoms with Gasteiger partial charge < -0.3 is 14.6 Å². The van der Waals surface area contributed by atoms with Gasteiger partial charge in [0.05, 0.1) is 12.1 Å². The Kier molecular flexibility index (Phi) is 3.65. The third kappa shape index (κ3) is 2.70. The molecule has 2 aliphatic rings. The van der Waals surface area contributed by atoms with Gasteiger partial charge in [0.2, 0.25) is 0 Å². The number of aliphatic hydroxyl groups is 1. The molecule has 0 fully saturated rings. The number of hydrogen-bond acceptors (Lipinski definition) is 3. The van der Waals surface area contributed by atoms with Gasteiger partial charge >= 0.3 is 5.92 Å². The fourth-order valence-electron chi connectivity index (χ4n) is 3.54. The summed E-state index contributed by atoms with van der Waals surface area (Å²) in [6.45, 7) is 7.17. The number of alkyl halides is 3. The van der Waals surface area contributed by atoms with Crippen molar-refractivity contribution in [1.82, 2.24) is 0 Å². The number of benzene rings is 2. The maximum absolute atomic E-state index is 14.7. The van der Waals surface area contributed by atoms with Crippen LogP contribution in [0.1, 0.15) is 29.7 Å². The minimum Gasteiger partial charge on any atom is -0.486 e. The van der Waals surface area contributed by atoms with Gasteiger partial charge in [-0.05, 0) is 19.1 Å². The Morgan fingerprint density at radius 3 is 2.70 bits per heavy atom. The van der Waals surface area contributed by atoms with Crippen LogP contribution in [0.15, 0.2) is 24.3 Å². The Hall–Kier alpha value is -2.79. The highest BCUT2D eigenvalue weighted by molar-refractivity contribution is 5.61. The van der Waals surface area contributed by atoms with E-state index in [1.54, 1.807) is 0 Å². The standard InChI is InChI=1S/C19H13F4NO3/c1-18(21)7-12-13(27-11-4-9(20)3-10(5-11)24-2)6-14-16(15(12)17(18)25)19(22,23)8-26-14/h3-6,17,25H,7-8H2,1H3. The van der Waals surface area contributed by atoms with E-state index in [0.29, 0.717) is 0 Å². The molecule has 0 spiro atoms. The molecule has 2 unspecified atom stereocenters. The molecule has 0 amide bonds. The van der Waals surface area contributed by atoms with Crippen LogP contribution in [0.2, 0.25) is 0 Å². The molecule has 140 valence electrons. The Bertz CT molecular complexity index is 997. The molecule has 0 aromatic heterocycles. The first-order valence-electron chi connectivity index (χ1n) is 8.06. The topological polar surface area (TPSA) is 43.0 Å². The summed E-state index contributed by atoms with van der Waals surface area (Å²) in [5.41, 5.74) is -2.90. The van der Waals surface area contributed by atoms with Crippen LogP contribution in [-0.2, 0) is 12.3 Å². The average molecular weight is 379 g/mol. The number of nitrogens with zero attached hydrogens (tertiary/aromatic N) is 1. The maximum atomic E-state index is 14.7. The highest BCUT2D eigenvalue weighted by Crippen LogP contribution is 2.56. The van der Waals surface area contributed by atoms with Gasteiger partial charge in [-0.2, -0.15) is 8.78 Å². The van der Waals surface area contributed by atoms with Gasteiger partial charge in [-0.15, -0.1) is 0 Å². The predicted octanol–water partition coefficient (Wildman–Crippen LogP) is 4.97. The summed E-state index contributed by atoms with van der Waals surface area (Å²) in [6, 6.07) is 4.49. The molecule has 2 atom stereocenters. The molecule has 1 aliphatic carbocycles. The van der Waals surface area contributed by atoms with Gasteiger partial charge in [-0.1, -0.05) is 0 Å². The molecule has 1 aliphatic heterocycles. The molecule has 27 heavy (non-hydrogen) atoms. The molecule has 4 rings (SSSR count). The van der Waals surface area contributed by atoms with Gasteiger partial charge in [0.15, 0.2) is 12.3 Å². The van der Waals surface area contributed by atoms with E-state index in [-0.39, 0.29) is 40.5 Å². The summed E-state index contributed by atoms with van der Waals surface area (Å²) >= 11 is 0. The number of fused-ring (bicyclic) bond motifs is 3. The van der Waals surface area contributed by atoms with Gasteiger partial charge in [0.25, 0.3) is 0 Å². The van der Waals surface area contributed by atoms with E-state index in [9.17, 15) is 22.7 Å². The van der Waals surface area contributed by atoms with E-state index >= 15 is 0 Å². The normalized spacial score (nSPS) is 24.7. The van der Waals surface area contributed by atoms with Crippen molar-refractivity contribution in [3.05, 3.63) is 58.2 Å². The lowest BCUT2D eigenvalue weighted by Crippen LogP contribution is -2.25. The molecule has 4 nitrogen and oxygen atoms in total. The van der Waals surface area contributed by atoms with Gasteiger partial charge in [0.1, 0.15) is 34.8 Å². The molecule has 2 aromatic rings. The van der Waals surface area contributed by atoms with Crippen molar-refractivity contribution in [2.75, 3.05) is 6.61 Å². The van der Waals surface area contributed by atoms with Gasteiger partial charge in [-0.3, -0.25) is 0 Å². The Morgan fingerprint density at radius 2 is 2.00 bits per heavy atom. The smallest absolute Gasteiger partial charge is 0.310 e. The molecule has 1 N–H and O–H groups in total. The summed E-state index contributed by atoms with van der Waals surface area (Å²) in [5.74, 6) is -4.37. The minimum atomic E-state index is -3.37. The summed E-state index contributed by atoms with van der Waals surface area (Å²) in [4.78, 5) is 3.12. The second kappa shape index (κ2) is 5.60. The lowest BCUT2D eigenvalue weighted by atomic mass is 9.95. The summed E-state index contributed by atoms with van der Waals surface area (Å²) < 4.78 is 67.5. The van der Waals surface area contributed by atoms with Crippen molar-refractivity contribution in [3.63, 3.8) is 0 Å². The highest BCUT2D eigenvalue weighted by atomic mass is 19.3. The van der Waals surface area contributed by atoms with E-state index in [1.165, 1.54) is 12.1 Å². The Labute approximate surface area is 151 Å². The highest BCUT2D eigenvalue weighted by Gasteiger charge is 2.53. The first kappa shape index (κ1) is 17.6. The second-order valence-corrected chi connectivity index (χ2v) is 6.85. The maximum Gasteiger partial charge on any atom is 0.310 e. The van der Waals surface area contributed by atoms with E-state index in [0.717, 1.165) is 19.1 Å². The zero-order valence-corrected chi connectivity index (χ0v) is 14.0. The molecular weight excluding hydrogens is 366 g/mol. The van der Waals surface area contributed by atoms with Crippen molar-refractivity contribution in [2.24, 2.45) is 0 Å². The number of hydrogen-bond donors (Lipinski definition) is 1. The quantitative estimate of drug-likeness (QED) is 0.592. The van der Waals surface area contributed by atoms with Crippen LogP contribution < -0.4 is 9.47 Å². The van der Waals surface area contributed by atoms with Crippen LogP contribution in [0.3, 0.4) is 0 Å². The van der Waals surface area contributed by atoms with Crippen LogP contribution >= 0.6 is 0 Å².